The number of nitrogens with zero attached hydrogens (tertiary/aromatic N) is 2. The predicted molar refractivity (Wildman–Crippen MR) is 301 cm³/mol. The molecule has 0 saturated heterocycles. The summed E-state index contributed by atoms with van der Waals surface area (Å²) in [6.07, 6.45) is 0. The average Bonchev–Trinajstić information content (AvgIpc) is 3.93. The minimum absolute atomic E-state index is 0.0391. The van der Waals surface area contributed by atoms with Crippen molar-refractivity contribution in [2.24, 2.45) is 0 Å². The van der Waals surface area contributed by atoms with E-state index in [9.17, 15) is 0 Å². The van der Waals surface area contributed by atoms with Crippen molar-refractivity contribution in [3.63, 3.8) is 0 Å². The highest BCUT2D eigenvalue weighted by Crippen LogP contribution is 2.44. The molecule has 0 bridgehead atoms. The van der Waals surface area contributed by atoms with Gasteiger partial charge in [0.15, 0.2) is 0 Å². The Labute approximate surface area is 407 Å². The standard InChI is InChI=1S/C35H24BN.C31H22BN/c1-35(2)27-12-6-7-13-29(27)36-32-25-16-15-21-9-3-4-10-22(21)23(25)18-20-31(32)37-30-14-8-5-11-24(30)26-17-19-28(35)33(36)34(26)37;1-31(2)23-13-6-7-15-25(23)32-28-20-11-4-3-10-19(20)18-22-21-12-5-8-16-26(21)33(30(22)28)27-17-9-14-24(31)29(27)32/h3-20H,1-2H3;3-18H,1-2H3. The summed E-state index contributed by atoms with van der Waals surface area (Å²) in [6, 6.07) is 77.5. The maximum Gasteiger partial charge on any atom is 0.248 e. The van der Waals surface area contributed by atoms with E-state index in [1.165, 1.54) is 142 Å². The van der Waals surface area contributed by atoms with Crippen LogP contribution in [0.2, 0.25) is 0 Å². The van der Waals surface area contributed by atoms with Crippen molar-refractivity contribution in [3.05, 3.63) is 229 Å². The first-order valence-electron chi connectivity index (χ1n) is 25.1. The van der Waals surface area contributed by atoms with Crippen molar-refractivity contribution in [1.29, 1.82) is 0 Å². The van der Waals surface area contributed by atoms with E-state index >= 15 is 0 Å². The Balaban J connectivity index is 0.000000122. The monoisotopic (exact) mass is 888 g/mol. The fourth-order valence-electron chi connectivity index (χ4n) is 14.6. The third-order valence-electron chi connectivity index (χ3n) is 17.5. The lowest BCUT2D eigenvalue weighted by Crippen LogP contribution is -2.63. The third-order valence-corrected chi connectivity index (χ3v) is 17.5. The van der Waals surface area contributed by atoms with E-state index in [2.05, 4.69) is 243 Å². The van der Waals surface area contributed by atoms with Gasteiger partial charge in [0, 0.05) is 54.8 Å². The zero-order valence-electron chi connectivity index (χ0n) is 39.7. The smallest absolute Gasteiger partial charge is 0.248 e. The summed E-state index contributed by atoms with van der Waals surface area (Å²) in [5.41, 5.74) is 22.5. The quantitative estimate of drug-likeness (QED) is 0.106. The lowest BCUT2D eigenvalue weighted by Gasteiger charge is -2.42. The van der Waals surface area contributed by atoms with Crippen LogP contribution in [0.4, 0.5) is 0 Å². The Bertz CT molecular complexity index is 4510. The van der Waals surface area contributed by atoms with Gasteiger partial charge in [0.2, 0.25) is 13.4 Å². The van der Waals surface area contributed by atoms with Gasteiger partial charge in [0.05, 0.1) is 11.0 Å². The molecule has 0 atom stereocenters. The molecule has 4 heteroatoms. The Hall–Kier alpha value is -8.07. The second-order valence-electron chi connectivity index (χ2n) is 21.4. The van der Waals surface area contributed by atoms with E-state index in [1.54, 1.807) is 0 Å². The number of aromatic nitrogens is 2. The molecule has 4 aliphatic heterocycles. The maximum atomic E-state index is 2.56. The lowest BCUT2D eigenvalue weighted by atomic mass is 9.30. The summed E-state index contributed by atoms with van der Waals surface area (Å²) < 4.78 is 5.11. The Kier molecular flexibility index (Phi) is 7.42. The van der Waals surface area contributed by atoms with Crippen LogP contribution in [0.3, 0.4) is 0 Å². The van der Waals surface area contributed by atoms with Crippen LogP contribution < -0.4 is 32.8 Å². The van der Waals surface area contributed by atoms with Gasteiger partial charge in [-0.3, -0.25) is 0 Å². The van der Waals surface area contributed by atoms with Crippen LogP contribution in [0, 0.1) is 0 Å². The van der Waals surface area contributed by atoms with E-state index in [0.717, 1.165) is 0 Å². The molecule has 6 heterocycles. The van der Waals surface area contributed by atoms with Crippen LogP contribution in [0.5, 0.6) is 0 Å². The molecule has 17 rings (SSSR count). The van der Waals surface area contributed by atoms with Crippen LogP contribution in [-0.2, 0) is 10.8 Å². The van der Waals surface area contributed by atoms with Gasteiger partial charge >= 0.3 is 0 Å². The van der Waals surface area contributed by atoms with Crippen molar-refractivity contribution in [3.8, 4) is 11.4 Å². The molecule has 0 N–H and O–H groups in total. The first-order chi connectivity index (χ1) is 34.3. The van der Waals surface area contributed by atoms with Crippen molar-refractivity contribution in [1.82, 2.24) is 9.13 Å². The van der Waals surface area contributed by atoms with Gasteiger partial charge < -0.3 is 9.13 Å². The summed E-state index contributed by atoms with van der Waals surface area (Å²) in [4.78, 5) is 0. The largest absolute Gasteiger partial charge is 0.310 e. The Morgan fingerprint density at radius 3 is 1.51 bits per heavy atom. The number of para-hydroxylation sites is 2. The molecule has 70 heavy (non-hydrogen) atoms. The van der Waals surface area contributed by atoms with Gasteiger partial charge in [-0.2, -0.15) is 0 Å². The van der Waals surface area contributed by atoms with Crippen molar-refractivity contribution in [2.75, 3.05) is 0 Å². The maximum absolute atomic E-state index is 2.56. The molecule has 0 saturated carbocycles. The van der Waals surface area contributed by atoms with Crippen molar-refractivity contribution in [2.45, 2.75) is 38.5 Å². The van der Waals surface area contributed by atoms with Gasteiger partial charge in [-0.1, -0.05) is 215 Å². The van der Waals surface area contributed by atoms with Crippen LogP contribution in [-0.4, -0.2) is 22.6 Å². The molecule has 2 aromatic heterocycles. The van der Waals surface area contributed by atoms with Gasteiger partial charge in [0.25, 0.3) is 0 Å². The molecule has 0 fully saturated rings. The number of hydrogen-bond acceptors (Lipinski definition) is 0. The van der Waals surface area contributed by atoms with E-state index < -0.39 is 0 Å². The highest BCUT2D eigenvalue weighted by Gasteiger charge is 2.47. The van der Waals surface area contributed by atoms with Gasteiger partial charge in [-0.05, 0) is 107 Å². The highest BCUT2D eigenvalue weighted by molar-refractivity contribution is 7.01. The van der Waals surface area contributed by atoms with Gasteiger partial charge in [-0.25, -0.2) is 0 Å². The predicted octanol–water partition coefficient (Wildman–Crippen LogP) is 12.0. The molecule has 13 aromatic rings. The van der Waals surface area contributed by atoms with Crippen LogP contribution >= 0.6 is 0 Å². The molecular weight excluding hydrogens is 842 g/mol. The molecule has 0 amide bonds. The Morgan fingerprint density at radius 1 is 0.300 bits per heavy atom. The van der Waals surface area contributed by atoms with Crippen LogP contribution in [0.25, 0.3) is 87.3 Å². The Morgan fingerprint density at radius 2 is 0.800 bits per heavy atom. The second kappa shape index (κ2) is 13.4. The highest BCUT2D eigenvalue weighted by atomic mass is 15.0. The minimum Gasteiger partial charge on any atom is -0.310 e. The lowest BCUT2D eigenvalue weighted by molar-refractivity contribution is 0.645. The van der Waals surface area contributed by atoms with E-state index in [4.69, 9.17) is 0 Å². The summed E-state index contributed by atoms with van der Waals surface area (Å²) in [7, 11) is 0. The molecule has 326 valence electrons. The van der Waals surface area contributed by atoms with Crippen molar-refractivity contribution >= 4 is 122 Å². The second-order valence-corrected chi connectivity index (χ2v) is 21.4. The number of benzene rings is 11. The van der Waals surface area contributed by atoms with Crippen molar-refractivity contribution < 1.29 is 0 Å². The summed E-state index contributed by atoms with van der Waals surface area (Å²) >= 11 is 0. The third kappa shape index (κ3) is 4.68. The fourth-order valence-corrected chi connectivity index (χ4v) is 14.6. The SMILES string of the molecule is CC1(C)c2ccccc2B2c3c(ccc4c3ccc3ccccc34)-n3c4ccccc4c4ccc1c2c43.CC1(C)c2ccccc2B2c3c(cccc31)-n1c3ccccc3c3cc4ccccc4c2c31. The normalized spacial score (nSPS) is 15.0. The molecule has 4 aliphatic rings. The molecule has 2 nitrogen and oxygen atoms in total. The molecular formula is C66H46B2N2. The van der Waals surface area contributed by atoms with E-state index in [1.807, 2.05) is 0 Å². The zero-order chi connectivity index (χ0) is 46.4. The van der Waals surface area contributed by atoms with Gasteiger partial charge in [-0.15, -0.1) is 0 Å². The summed E-state index contributed by atoms with van der Waals surface area (Å²) in [5.74, 6) is 0. The van der Waals surface area contributed by atoms with E-state index in [0.29, 0.717) is 0 Å². The van der Waals surface area contributed by atoms with E-state index in [-0.39, 0.29) is 24.3 Å². The number of rotatable bonds is 0. The van der Waals surface area contributed by atoms with Gasteiger partial charge in [0.1, 0.15) is 0 Å². The minimum atomic E-state index is -0.0628. The molecule has 0 unspecified atom stereocenters. The molecule has 0 aliphatic carbocycles. The average molecular weight is 889 g/mol. The van der Waals surface area contributed by atoms with Crippen LogP contribution in [0.1, 0.15) is 49.9 Å². The zero-order valence-corrected chi connectivity index (χ0v) is 39.7. The first kappa shape index (κ1) is 38.8. The summed E-state index contributed by atoms with van der Waals surface area (Å²) in [6.45, 7) is 10.0. The summed E-state index contributed by atoms with van der Waals surface area (Å²) in [5, 5.41) is 13.4. The molecule has 0 spiro atoms. The number of hydrogen-bond donors (Lipinski definition) is 0. The molecule has 0 radical (unpaired) electrons. The topological polar surface area (TPSA) is 9.86 Å². The molecule has 11 aromatic carbocycles. The number of fused-ring (bicyclic) bond motifs is 21. The van der Waals surface area contributed by atoms with Crippen LogP contribution in [0.15, 0.2) is 206 Å². The fraction of sp³-hybridized carbons (Fsp3) is 0.0909. The first-order valence-corrected chi connectivity index (χ1v) is 25.1.